The number of rotatable bonds is 5. The minimum Gasteiger partial charge on any atom is -0.342 e. The van der Waals surface area contributed by atoms with Gasteiger partial charge in [0.15, 0.2) is 0 Å². The van der Waals surface area contributed by atoms with Crippen molar-refractivity contribution in [3.8, 4) is 0 Å². The van der Waals surface area contributed by atoms with Crippen molar-refractivity contribution in [2.45, 2.75) is 65.0 Å². The van der Waals surface area contributed by atoms with Crippen molar-refractivity contribution in [2.24, 2.45) is 5.92 Å². The molecule has 1 fully saturated rings. The van der Waals surface area contributed by atoms with E-state index in [0.29, 0.717) is 24.7 Å². The van der Waals surface area contributed by atoms with Crippen LogP contribution in [0.15, 0.2) is 24.3 Å². The molecule has 140 valence electrons. The van der Waals surface area contributed by atoms with E-state index in [1.165, 1.54) is 6.92 Å². The fourth-order valence-corrected chi connectivity index (χ4v) is 3.84. The summed E-state index contributed by atoms with van der Waals surface area (Å²) in [4.78, 5) is 29.5. The van der Waals surface area contributed by atoms with E-state index in [2.05, 4.69) is 29.5 Å². The molecule has 1 aliphatic rings. The van der Waals surface area contributed by atoms with Gasteiger partial charge in [-0.2, -0.15) is 0 Å². The van der Waals surface area contributed by atoms with E-state index in [1.807, 2.05) is 28.8 Å². The largest absolute Gasteiger partial charge is 0.342 e. The third-order valence-electron chi connectivity index (χ3n) is 5.30. The zero-order chi connectivity index (χ0) is 18.7. The maximum absolute atomic E-state index is 13.2. The molecule has 0 aliphatic heterocycles. The van der Waals surface area contributed by atoms with E-state index in [1.54, 1.807) is 0 Å². The van der Waals surface area contributed by atoms with Crippen LogP contribution in [0.3, 0.4) is 0 Å². The van der Waals surface area contributed by atoms with Gasteiger partial charge >= 0.3 is 0 Å². The summed E-state index contributed by atoms with van der Waals surface area (Å²) in [5, 5.41) is 5.95. The first-order valence-electron chi connectivity index (χ1n) is 9.50. The van der Waals surface area contributed by atoms with Crippen molar-refractivity contribution in [1.29, 1.82) is 0 Å². The second kappa shape index (κ2) is 7.48. The molecule has 3 rings (SSSR count). The lowest BCUT2D eigenvalue weighted by Crippen LogP contribution is -2.58. The van der Waals surface area contributed by atoms with Gasteiger partial charge in [0.1, 0.15) is 5.54 Å². The summed E-state index contributed by atoms with van der Waals surface area (Å²) in [5.74, 6) is 0.805. The number of carbonyl (C=O) groups is 2. The van der Waals surface area contributed by atoms with Crippen molar-refractivity contribution < 1.29 is 9.59 Å². The summed E-state index contributed by atoms with van der Waals surface area (Å²) in [6, 6.07) is 7.88. The maximum atomic E-state index is 13.2. The standard InChI is InChI=1S/C20H28N4O2/c1-4-13-24-17-8-6-5-7-16(17)21-19(24)22-18(26)20(23-15(3)25)11-9-14(2)10-12-20/h5-8,14H,4,9-13H2,1-3H3,(H,23,25)(H,21,22,26). The average molecular weight is 356 g/mol. The highest BCUT2D eigenvalue weighted by Gasteiger charge is 2.42. The molecule has 2 aromatic rings. The van der Waals surface area contributed by atoms with Crippen LogP contribution in [0.4, 0.5) is 5.95 Å². The monoisotopic (exact) mass is 356 g/mol. The molecule has 1 aliphatic carbocycles. The van der Waals surface area contributed by atoms with Crippen molar-refractivity contribution in [2.75, 3.05) is 5.32 Å². The number of nitrogens with zero attached hydrogens (tertiary/aromatic N) is 2. The van der Waals surface area contributed by atoms with Crippen LogP contribution >= 0.6 is 0 Å². The molecular weight excluding hydrogens is 328 g/mol. The highest BCUT2D eigenvalue weighted by Crippen LogP contribution is 2.33. The Kier molecular flexibility index (Phi) is 5.30. The molecule has 1 aromatic heterocycles. The van der Waals surface area contributed by atoms with Crippen LogP contribution in [0.1, 0.15) is 52.9 Å². The number of hydrogen-bond donors (Lipinski definition) is 2. The molecule has 0 radical (unpaired) electrons. The van der Waals surface area contributed by atoms with Gasteiger partial charge in [-0.05, 0) is 50.2 Å². The zero-order valence-corrected chi connectivity index (χ0v) is 15.8. The fraction of sp³-hybridized carbons (Fsp3) is 0.550. The van der Waals surface area contributed by atoms with Crippen molar-refractivity contribution in [1.82, 2.24) is 14.9 Å². The highest BCUT2D eigenvalue weighted by atomic mass is 16.2. The molecule has 1 aromatic carbocycles. The Hall–Kier alpha value is -2.37. The van der Waals surface area contributed by atoms with Gasteiger partial charge in [-0.3, -0.25) is 14.9 Å². The number of anilines is 1. The van der Waals surface area contributed by atoms with Crippen LogP contribution in [0.25, 0.3) is 11.0 Å². The van der Waals surface area contributed by atoms with Crippen LogP contribution in [-0.2, 0) is 16.1 Å². The first kappa shape index (κ1) is 18.4. The molecule has 0 unspecified atom stereocenters. The molecule has 0 atom stereocenters. The number of benzene rings is 1. The molecule has 26 heavy (non-hydrogen) atoms. The van der Waals surface area contributed by atoms with Crippen LogP contribution in [0.5, 0.6) is 0 Å². The van der Waals surface area contributed by atoms with E-state index in [-0.39, 0.29) is 11.8 Å². The van der Waals surface area contributed by atoms with Crippen molar-refractivity contribution in [3.63, 3.8) is 0 Å². The molecule has 0 bridgehead atoms. The Labute approximate surface area is 154 Å². The lowest BCUT2D eigenvalue weighted by molar-refractivity contribution is -0.131. The summed E-state index contributed by atoms with van der Waals surface area (Å²) < 4.78 is 2.04. The molecule has 2 N–H and O–H groups in total. The van der Waals surface area contributed by atoms with E-state index in [4.69, 9.17) is 0 Å². The van der Waals surface area contributed by atoms with Gasteiger partial charge in [-0.1, -0.05) is 26.0 Å². The predicted molar refractivity (Wildman–Crippen MR) is 103 cm³/mol. The number of fused-ring (bicyclic) bond motifs is 1. The lowest BCUT2D eigenvalue weighted by atomic mass is 9.76. The summed E-state index contributed by atoms with van der Waals surface area (Å²) in [5.41, 5.74) is 1.03. The number of aromatic nitrogens is 2. The SMILES string of the molecule is CCCn1c(NC(=O)C2(NC(C)=O)CCC(C)CC2)nc2ccccc21. The molecule has 6 nitrogen and oxygen atoms in total. The van der Waals surface area contributed by atoms with Gasteiger partial charge in [0.25, 0.3) is 5.91 Å². The van der Waals surface area contributed by atoms with E-state index >= 15 is 0 Å². The second-order valence-electron chi connectivity index (χ2n) is 7.48. The first-order valence-corrected chi connectivity index (χ1v) is 9.50. The minimum atomic E-state index is -0.840. The number of amides is 2. The molecule has 0 saturated heterocycles. The lowest BCUT2D eigenvalue weighted by Gasteiger charge is -2.38. The van der Waals surface area contributed by atoms with Crippen molar-refractivity contribution in [3.05, 3.63) is 24.3 Å². The van der Waals surface area contributed by atoms with Crippen molar-refractivity contribution >= 4 is 28.8 Å². The number of para-hydroxylation sites is 2. The smallest absolute Gasteiger partial charge is 0.252 e. The molecular formula is C20H28N4O2. The molecule has 1 heterocycles. The third-order valence-corrected chi connectivity index (χ3v) is 5.30. The van der Waals surface area contributed by atoms with Gasteiger partial charge in [-0.25, -0.2) is 4.98 Å². The number of aryl methyl sites for hydroxylation is 1. The number of hydrogen-bond acceptors (Lipinski definition) is 3. The van der Waals surface area contributed by atoms with Gasteiger partial charge < -0.3 is 9.88 Å². The number of imidazole rings is 1. The van der Waals surface area contributed by atoms with Gasteiger partial charge in [0.05, 0.1) is 11.0 Å². The van der Waals surface area contributed by atoms with Crippen LogP contribution < -0.4 is 10.6 Å². The number of carbonyl (C=O) groups excluding carboxylic acids is 2. The highest BCUT2D eigenvalue weighted by molar-refractivity contribution is 6.00. The summed E-state index contributed by atoms with van der Waals surface area (Å²) >= 11 is 0. The van der Waals surface area contributed by atoms with Crippen LogP contribution in [-0.4, -0.2) is 26.9 Å². The maximum Gasteiger partial charge on any atom is 0.252 e. The topological polar surface area (TPSA) is 76.0 Å². The third kappa shape index (κ3) is 3.59. The molecule has 6 heteroatoms. The van der Waals surface area contributed by atoms with Crippen LogP contribution in [0, 0.1) is 5.92 Å². The van der Waals surface area contributed by atoms with E-state index in [9.17, 15) is 9.59 Å². The van der Waals surface area contributed by atoms with Gasteiger partial charge in [0.2, 0.25) is 11.9 Å². The Morgan fingerprint density at radius 2 is 1.96 bits per heavy atom. The van der Waals surface area contributed by atoms with Gasteiger partial charge in [-0.15, -0.1) is 0 Å². The summed E-state index contributed by atoms with van der Waals surface area (Å²) in [6.07, 6.45) is 4.12. The Morgan fingerprint density at radius 3 is 2.62 bits per heavy atom. The van der Waals surface area contributed by atoms with E-state index in [0.717, 1.165) is 36.8 Å². The molecule has 2 amide bonds. The van der Waals surface area contributed by atoms with Gasteiger partial charge in [0, 0.05) is 13.5 Å². The normalized spacial score (nSPS) is 23.0. The second-order valence-corrected chi connectivity index (χ2v) is 7.48. The first-order chi connectivity index (χ1) is 12.4. The Bertz CT molecular complexity index is 803. The molecule has 0 spiro atoms. The quantitative estimate of drug-likeness (QED) is 0.861. The Morgan fingerprint density at radius 1 is 1.27 bits per heavy atom. The zero-order valence-electron chi connectivity index (χ0n) is 15.8. The fourth-order valence-electron chi connectivity index (χ4n) is 3.84. The number of nitrogens with one attached hydrogen (secondary N) is 2. The average Bonchev–Trinajstić information content (AvgIpc) is 2.94. The Balaban J connectivity index is 1.91. The minimum absolute atomic E-state index is 0.160. The summed E-state index contributed by atoms with van der Waals surface area (Å²) in [6.45, 7) is 6.54. The predicted octanol–water partition coefficient (Wildman–Crippen LogP) is 3.47. The molecule has 1 saturated carbocycles. The van der Waals surface area contributed by atoms with E-state index < -0.39 is 5.54 Å². The van der Waals surface area contributed by atoms with Crippen LogP contribution in [0.2, 0.25) is 0 Å². The summed E-state index contributed by atoms with van der Waals surface area (Å²) in [7, 11) is 0.